The van der Waals surface area contributed by atoms with Gasteiger partial charge in [0.1, 0.15) is 11.3 Å². The molecule has 8 nitrogen and oxygen atoms in total. The molecule has 1 atom stereocenters. The molecule has 0 saturated carbocycles. The van der Waals surface area contributed by atoms with Crippen molar-refractivity contribution in [2.24, 2.45) is 4.99 Å². The van der Waals surface area contributed by atoms with Crippen molar-refractivity contribution in [3.63, 3.8) is 0 Å². The molecule has 170 valence electrons. The number of hydrogen-bond acceptors (Lipinski definition) is 5. The van der Waals surface area contributed by atoms with E-state index in [0.29, 0.717) is 23.6 Å². The molecule has 2 aromatic carbocycles. The van der Waals surface area contributed by atoms with Crippen molar-refractivity contribution in [2.75, 3.05) is 7.11 Å². The number of aliphatic imine (C=N–C) groups is 1. The van der Waals surface area contributed by atoms with Crippen molar-refractivity contribution in [2.45, 2.75) is 32.7 Å². The smallest absolute Gasteiger partial charge is 0.335 e. The van der Waals surface area contributed by atoms with Crippen LogP contribution in [0.4, 0.5) is 0 Å². The molecular weight excluding hydrogens is 420 g/mol. The van der Waals surface area contributed by atoms with Gasteiger partial charge in [-0.15, -0.1) is 0 Å². The summed E-state index contributed by atoms with van der Waals surface area (Å²) in [5, 5.41) is 12.0. The van der Waals surface area contributed by atoms with E-state index in [1.54, 1.807) is 31.2 Å². The third-order valence-corrected chi connectivity index (χ3v) is 5.76. The molecule has 0 fully saturated rings. The van der Waals surface area contributed by atoms with Gasteiger partial charge in [0.2, 0.25) is 5.88 Å². The summed E-state index contributed by atoms with van der Waals surface area (Å²) in [6.45, 7) is 3.70. The van der Waals surface area contributed by atoms with Crippen LogP contribution in [0.25, 0.3) is 16.6 Å². The number of para-hydroxylation sites is 1. The summed E-state index contributed by atoms with van der Waals surface area (Å²) in [5.74, 6) is 0.161. The Kier molecular flexibility index (Phi) is 6.17. The average molecular weight is 447 g/mol. The molecule has 8 heteroatoms. The van der Waals surface area contributed by atoms with Gasteiger partial charge in [0.05, 0.1) is 24.6 Å². The van der Waals surface area contributed by atoms with Crippen molar-refractivity contribution < 1.29 is 9.84 Å². The molecule has 0 aliphatic heterocycles. The van der Waals surface area contributed by atoms with E-state index in [2.05, 4.69) is 16.0 Å². The summed E-state index contributed by atoms with van der Waals surface area (Å²) < 4.78 is 6.19. The van der Waals surface area contributed by atoms with Crippen molar-refractivity contribution in [3.05, 3.63) is 86.7 Å². The number of nitrogens with zero attached hydrogens (tertiary/aromatic N) is 2. The molecule has 0 radical (unpaired) electrons. The van der Waals surface area contributed by atoms with Crippen LogP contribution in [0, 0.1) is 0 Å². The minimum absolute atomic E-state index is 0.0252. The highest BCUT2D eigenvalue weighted by Crippen LogP contribution is 2.23. The fourth-order valence-corrected chi connectivity index (χ4v) is 4.00. The molecule has 1 unspecified atom stereocenters. The van der Waals surface area contributed by atoms with Gasteiger partial charge < -0.3 is 14.8 Å². The van der Waals surface area contributed by atoms with Crippen LogP contribution in [0.2, 0.25) is 0 Å². The number of fused-ring (bicyclic) bond motifs is 1. The first-order chi connectivity index (χ1) is 15.9. The average Bonchev–Trinajstić information content (AvgIpc) is 3.21. The lowest BCUT2D eigenvalue weighted by molar-refractivity contribution is 0.414. The second kappa shape index (κ2) is 9.20. The molecule has 0 amide bonds. The third-order valence-electron chi connectivity index (χ3n) is 5.76. The van der Waals surface area contributed by atoms with Crippen LogP contribution in [-0.4, -0.2) is 38.5 Å². The second-order valence-corrected chi connectivity index (χ2v) is 7.83. The van der Waals surface area contributed by atoms with Gasteiger partial charge in [-0.05, 0) is 55.7 Å². The highest BCUT2D eigenvalue weighted by molar-refractivity contribution is 6.00. The Balaban J connectivity index is 1.72. The van der Waals surface area contributed by atoms with E-state index in [4.69, 9.17) is 9.73 Å². The first-order valence-corrected chi connectivity index (χ1v) is 10.8. The Morgan fingerprint density at radius 2 is 1.88 bits per heavy atom. The Hall–Kier alpha value is -4.07. The van der Waals surface area contributed by atoms with Gasteiger partial charge in [-0.1, -0.05) is 25.1 Å². The quantitative estimate of drug-likeness (QED) is 0.377. The first kappa shape index (κ1) is 22.1. The van der Waals surface area contributed by atoms with Gasteiger partial charge >= 0.3 is 5.69 Å². The molecular formula is C25H26N4O4. The predicted molar refractivity (Wildman–Crippen MR) is 129 cm³/mol. The summed E-state index contributed by atoms with van der Waals surface area (Å²) in [6, 6.07) is 14.5. The maximum atomic E-state index is 12.6. The number of hydrogen-bond donors (Lipinski definition) is 3. The largest absolute Gasteiger partial charge is 0.497 e. The Morgan fingerprint density at radius 1 is 1.15 bits per heavy atom. The topological polar surface area (TPSA) is 112 Å². The zero-order chi connectivity index (χ0) is 23.5. The van der Waals surface area contributed by atoms with E-state index in [9.17, 15) is 14.7 Å². The van der Waals surface area contributed by atoms with Gasteiger partial charge in [0.15, 0.2) is 0 Å². The number of aromatic hydroxyl groups is 1. The molecule has 4 rings (SSSR count). The molecule has 3 N–H and O–H groups in total. The van der Waals surface area contributed by atoms with E-state index >= 15 is 0 Å². The monoisotopic (exact) mass is 446 g/mol. The molecule has 0 saturated heterocycles. The van der Waals surface area contributed by atoms with Crippen LogP contribution in [0.15, 0.2) is 69.3 Å². The van der Waals surface area contributed by atoms with E-state index in [0.717, 1.165) is 27.5 Å². The summed E-state index contributed by atoms with van der Waals surface area (Å²) in [7, 11) is 1.54. The zero-order valence-corrected chi connectivity index (χ0v) is 18.8. The first-order valence-electron chi connectivity index (χ1n) is 10.8. The predicted octanol–water partition coefficient (Wildman–Crippen LogP) is 3.55. The second-order valence-electron chi connectivity index (χ2n) is 7.83. The summed E-state index contributed by atoms with van der Waals surface area (Å²) in [5.41, 5.74) is 1.52. The van der Waals surface area contributed by atoms with Crippen molar-refractivity contribution in [1.82, 2.24) is 14.5 Å². The number of nitrogens with one attached hydrogen (secondary N) is 2. The van der Waals surface area contributed by atoms with Gasteiger partial charge in [-0.2, -0.15) is 0 Å². The molecule has 2 aromatic heterocycles. The Bertz CT molecular complexity index is 1430. The van der Waals surface area contributed by atoms with Crippen molar-refractivity contribution in [3.8, 4) is 17.3 Å². The van der Waals surface area contributed by atoms with Crippen LogP contribution in [-0.2, 0) is 6.42 Å². The number of ether oxygens (including phenoxy) is 1. The number of methoxy groups -OCH3 is 1. The van der Waals surface area contributed by atoms with Gasteiger partial charge in [0.25, 0.3) is 5.56 Å². The lowest BCUT2D eigenvalue weighted by atomic mass is 10.0. The molecule has 0 spiro atoms. The molecule has 0 aliphatic rings. The van der Waals surface area contributed by atoms with E-state index < -0.39 is 17.1 Å². The number of aromatic amines is 2. The molecule has 2 heterocycles. The molecule has 0 aliphatic carbocycles. The van der Waals surface area contributed by atoms with Crippen LogP contribution in [0.1, 0.15) is 31.4 Å². The van der Waals surface area contributed by atoms with Crippen molar-refractivity contribution in [1.29, 1.82) is 0 Å². The standard InChI is InChI=1S/C25H26N4O4/c1-4-17(13-16-14-26-21-8-6-5-7-20(16)21)27-15(2)22-23(30)28-25(32)29(24(22)31)18-9-11-19(33-3)12-10-18/h5-12,14,17,26,31H,4,13H2,1-3H3,(H,28,30,32). The number of benzene rings is 2. The zero-order valence-electron chi connectivity index (χ0n) is 18.8. The summed E-state index contributed by atoms with van der Waals surface area (Å²) in [4.78, 5) is 35.4. The number of rotatable bonds is 7. The molecule has 4 aromatic rings. The maximum Gasteiger partial charge on any atom is 0.335 e. The van der Waals surface area contributed by atoms with Gasteiger partial charge in [-0.25, -0.2) is 9.36 Å². The minimum atomic E-state index is -0.731. The fraction of sp³-hybridized carbons (Fsp3) is 0.240. The fourth-order valence-electron chi connectivity index (χ4n) is 4.00. The highest BCUT2D eigenvalue weighted by atomic mass is 16.5. The van der Waals surface area contributed by atoms with E-state index in [1.165, 1.54) is 7.11 Å². The number of aromatic nitrogens is 3. The SMILES string of the molecule is CCC(Cc1c[nH]c2ccccc12)N=C(C)c1c(O)n(-c2ccc(OC)cc2)c(=O)[nH]c1=O. The minimum Gasteiger partial charge on any atom is -0.497 e. The normalized spacial score (nSPS) is 12.8. The number of H-pyrrole nitrogens is 2. The van der Waals surface area contributed by atoms with Crippen LogP contribution >= 0.6 is 0 Å². The van der Waals surface area contributed by atoms with Gasteiger partial charge in [0, 0.05) is 17.1 Å². The lowest BCUT2D eigenvalue weighted by Gasteiger charge is -2.14. The Morgan fingerprint density at radius 3 is 2.58 bits per heavy atom. The van der Waals surface area contributed by atoms with Crippen LogP contribution in [0.3, 0.4) is 0 Å². The van der Waals surface area contributed by atoms with E-state index in [1.807, 2.05) is 31.3 Å². The Labute approximate surface area is 190 Å². The maximum absolute atomic E-state index is 12.6. The molecule has 33 heavy (non-hydrogen) atoms. The van der Waals surface area contributed by atoms with Gasteiger partial charge in [-0.3, -0.25) is 14.8 Å². The summed E-state index contributed by atoms with van der Waals surface area (Å²) in [6.07, 6.45) is 3.40. The van der Waals surface area contributed by atoms with Crippen LogP contribution < -0.4 is 16.0 Å². The highest BCUT2D eigenvalue weighted by Gasteiger charge is 2.19. The third kappa shape index (κ3) is 4.32. The van der Waals surface area contributed by atoms with Crippen LogP contribution in [0.5, 0.6) is 11.6 Å². The molecule has 0 bridgehead atoms. The summed E-state index contributed by atoms with van der Waals surface area (Å²) >= 11 is 0. The van der Waals surface area contributed by atoms with E-state index in [-0.39, 0.29) is 11.6 Å². The lowest BCUT2D eigenvalue weighted by Crippen LogP contribution is -2.33. The van der Waals surface area contributed by atoms with Crippen molar-refractivity contribution >= 4 is 16.6 Å².